The molecule has 1 nitrogen and oxygen atoms in total. The maximum absolute atomic E-state index is 3.64. The van der Waals surface area contributed by atoms with Crippen molar-refractivity contribution < 1.29 is 0 Å². The normalized spacial score (nSPS) is 12.7. The Morgan fingerprint density at radius 1 is 1.11 bits per heavy atom. The van der Waals surface area contributed by atoms with Crippen LogP contribution in [0.4, 0.5) is 0 Å². The molecule has 5 heteroatoms. The van der Waals surface area contributed by atoms with Gasteiger partial charge >= 0.3 is 0 Å². The quantitative estimate of drug-likeness (QED) is 0.633. The predicted octanol–water partition coefficient (Wildman–Crippen LogP) is 5.65. The molecule has 0 aliphatic heterocycles. The SMILES string of the molecule is CNC(c1cc(Br)c(Br)s1)c1cc(C)ccc1Br. The molecule has 0 amide bonds. The Morgan fingerprint density at radius 2 is 1.83 bits per heavy atom. The number of aryl methyl sites for hydroxylation is 1. The first-order chi connectivity index (χ1) is 8.52. The zero-order valence-corrected chi connectivity index (χ0v) is 15.5. The molecular formula is C13H12Br3NS. The summed E-state index contributed by atoms with van der Waals surface area (Å²) < 4.78 is 3.36. The average molecular weight is 454 g/mol. The van der Waals surface area contributed by atoms with Crippen LogP contribution in [0.2, 0.25) is 0 Å². The van der Waals surface area contributed by atoms with Crippen LogP contribution in [-0.4, -0.2) is 7.05 Å². The van der Waals surface area contributed by atoms with E-state index in [1.54, 1.807) is 11.3 Å². The number of nitrogens with one attached hydrogen (secondary N) is 1. The summed E-state index contributed by atoms with van der Waals surface area (Å²) in [5.74, 6) is 0. The first kappa shape index (κ1) is 14.7. The van der Waals surface area contributed by atoms with Gasteiger partial charge in [-0.05, 0) is 63.5 Å². The summed E-state index contributed by atoms with van der Waals surface area (Å²) >= 11 is 12.5. The molecule has 1 N–H and O–H groups in total. The van der Waals surface area contributed by atoms with Gasteiger partial charge in [0.15, 0.2) is 0 Å². The van der Waals surface area contributed by atoms with Crippen molar-refractivity contribution in [2.45, 2.75) is 13.0 Å². The number of hydrogen-bond acceptors (Lipinski definition) is 2. The van der Waals surface area contributed by atoms with E-state index >= 15 is 0 Å². The van der Waals surface area contributed by atoms with E-state index in [1.165, 1.54) is 16.0 Å². The van der Waals surface area contributed by atoms with Gasteiger partial charge in [-0.3, -0.25) is 0 Å². The van der Waals surface area contributed by atoms with Gasteiger partial charge < -0.3 is 5.32 Å². The Hall–Kier alpha value is 0.320. The fraction of sp³-hybridized carbons (Fsp3) is 0.231. The van der Waals surface area contributed by atoms with Crippen LogP contribution in [-0.2, 0) is 0 Å². The molecule has 1 aromatic heterocycles. The summed E-state index contributed by atoms with van der Waals surface area (Å²) in [6.07, 6.45) is 0. The van der Waals surface area contributed by atoms with E-state index in [-0.39, 0.29) is 6.04 Å². The third kappa shape index (κ3) is 3.07. The zero-order valence-electron chi connectivity index (χ0n) is 9.93. The molecule has 1 atom stereocenters. The molecule has 0 fully saturated rings. The van der Waals surface area contributed by atoms with Gasteiger partial charge in [0.05, 0.1) is 9.83 Å². The third-order valence-corrected chi connectivity index (χ3v) is 6.74. The number of benzene rings is 1. The lowest BCUT2D eigenvalue weighted by Crippen LogP contribution is -2.17. The van der Waals surface area contributed by atoms with Crippen LogP contribution in [0, 0.1) is 6.92 Å². The van der Waals surface area contributed by atoms with Crippen LogP contribution < -0.4 is 5.32 Å². The summed E-state index contributed by atoms with van der Waals surface area (Å²) in [5.41, 5.74) is 2.53. The minimum Gasteiger partial charge on any atom is -0.309 e. The van der Waals surface area contributed by atoms with Gasteiger partial charge in [-0.15, -0.1) is 11.3 Å². The molecule has 2 rings (SSSR count). The molecule has 1 unspecified atom stereocenters. The van der Waals surface area contributed by atoms with Crippen molar-refractivity contribution in [1.82, 2.24) is 5.32 Å². The van der Waals surface area contributed by atoms with E-state index < -0.39 is 0 Å². The van der Waals surface area contributed by atoms with Crippen LogP contribution in [0.5, 0.6) is 0 Å². The molecule has 0 bridgehead atoms. The van der Waals surface area contributed by atoms with E-state index in [9.17, 15) is 0 Å². The van der Waals surface area contributed by atoms with E-state index in [4.69, 9.17) is 0 Å². The maximum Gasteiger partial charge on any atom is 0.0843 e. The molecular weight excluding hydrogens is 442 g/mol. The minimum absolute atomic E-state index is 0.201. The zero-order chi connectivity index (χ0) is 13.3. The van der Waals surface area contributed by atoms with Gasteiger partial charge in [0, 0.05) is 13.8 Å². The summed E-state index contributed by atoms with van der Waals surface area (Å²) in [5, 5.41) is 3.38. The fourth-order valence-corrected chi connectivity index (χ4v) is 4.54. The van der Waals surface area contributed by atoms with Gasteiger partial charge in [0.1, 0.15) is 0 Å². The van der Waals surface area contributed by atoms with Crippen molar-refractivity contribution >= 4 is 59.1 Å². The van der Waals surface area contributed by atoms with Crippen LogP contribution >= 0.6 is 59.1 Å². The molecule has 1 heterocycles. The Bertz CT molecular complexity index is 546. The minimum atomic E-state index is 0.201. The predicted molar refractivity (Wildman–Crippen MR) is 89.5 cm³/mol. The summed E-state index contributed by atoms with van der Waals surface area (Å²) in [6.45, 7) is 2.11. The third-order valence-electron chi connectivity index (χ3n) is 2.70. The van der Waals surface area contributed by atoms with Crippen molar-refractivity contribution in [3.63, 3.8) is 0 Å². The highest BCUT2D eigenvalue weighted by atomic mass is 79.9. The number of thiophene rings is 1. The lowest BCUT2D eigenvalue weighted by atomic mass is 10.0. The topological polar surface area (TPSA) is 12.0 Å². The molecule has 0 aliphatic carbocycles. The van der Waals surface area contributed by atoms with E-state index in [2.05, 4.69) is 84.3 Å². The lowest BCUT2D eigenvalue weighted by Gasteiger charge is -2.17. The number of halogens is 3. The van der Waals surface area contributed by atoms with Gasteiger partial charge in [0.2, 0.25) is 0 Å². The largest absolute Gasteiger partial charge is 0.309 e. The molecule has 0 saturated carbocycles. The number of rotatable bonds is 3. The smallest absolute Gasteiger partial charge is 0.0843 e. The molecule has 0 saturated heterocycles. The second kappa shape index (κ2) is 6.18. The van der Waals surface area contributed by atoms with Crippen molar-refractivity contribution in [1.29, 1.82) is 0 Å². The molecule has 96 valence electrons. The molecule has 1 aromatic carbocycles. The highest BCUT2D eigenvalue weighted by molar-refractivity contribution is 9.13. The van der Waals surface area contributed by atoms with Crippen molar-refractivity contribution in [3.05, 3.63) is 53.0 Å². The lowest BCUT2D eigenvalue weighted by molar-refractivity contribution is 0.700. The molecule has 0 spiro atoms. The molecule has 2 aromatic rings. The van der Waals surface area contributed by atoms with Gasteiger partial charge in [-0.2, -0.15) is 0 Å². The maximum atomic E-state index is 3.64. The second-order valence-electron chi connectivity index (χ2n) is 4.02. The Balaban J connectivity index is 2.48. The Labute approximate surface area is 136 Å². The first-order valence-corrected chi connectivity index (χ1v) is 8.60. The van der Waals surface area contributed by atoms with E-state index in [0.29, 0.717) is 0 Å². The second-order valence-corrected chi connectivity index (χ2v) is 8.13. The van der Waals surface area contributed by atoms with Crippen molar-refractivity contribution in [3.8, 4) is 0 Å². The van der Waals surface area contributed by atoms with Crippen LogP contribution in [0.25, 0.3) is 0 Å². The van der Waals surface area contributed by atoms with Gasteiger partial charge in [0.25, 0.3) is 0 Å². The van der Waals surface area contributed by atoms with Gasteiger partial charge in [-0.25, -0.2) is 0 Å². The fourth-order valence-electron chi connectivity index (χ4n) is 1.84. The van der Waals surface area contributed by atoms with Gasteiger partial charge in [-0.1, -0.05) is 33.6 Å². The van der Waals surface area contributed by atoms with Crippen LogP contribution in [0.3, 0.4) is 0 Å². The highest BCUT2D eigenvalue weighted by Crippen LogP contribution is 2.39. The van der Waals surface area contributed by atoms with Crippen LogP contribution in [0.15, 0.2) is 37.0 Å². The highest BCUT2D eigenvalue weighted by Gasteiger charge is 2.18. The van der Waals surface area contributed by atoms with Crippen molar-refractivity contribution in [2.75, 3.05) is 7.05 Å². The summed E-state index contributed by atoms with van der Waals surface area (Å²) in [7, 11) is 1.99. The van der Waals surface area contributed by atoms with E-state index in [1.807, 2.05) is 7.05 Å². The average Bonchev–Trinajstić information content (AvgIpc) is 2.65. The Morgan fingerprint density at radius 3 is 2.39 bits per heavy atom. The summed E-state index contributed by atoms with van der Waals surface area (Å²) in [4.78, 5) is 1.28. The first-order valence-electron chi connectivity index (χ1n) is 5.41. The summed E-state index contributed by atoms with van der Waals surface area (Å²) in [6, 6.07) is 8.79. The molecule has 18 heavy (non-hydrogen) atoms. The van der Waals surface area contributed by atoms with E-state index in [0.717, 1.165) is 12.7 Å². The Kier molecular flexibility index (Phi) is 5.06. The number of hydrogen-bond donors (Lipinski definition) is 1. The van der Waals surface area contributed by atoms with Crippen LogP contribution in [0.1, 0.15) is 22.0 Å². The molecule has 0 aliphatic rings. The molecule has 0 radical (unpaired) electrons. The van der Waals surface area contributed by atoms with Crippen molar-refractivity contribution in [2.24, 2.45) is 0 Å². The monoisotopic (exact) mass is 451 g/mol. The standard InChI is InChI=1S/C13H12Br3NS/c1-7-3-4-9(14)8(5-7)12(17-2)11-6-10(15)13(16)18-11/h3-6,12,17H,1-2H3.